The summed E-state index contributed by atoms with van der Waals surface area (Å²) in [5, 5.41) is 0. The van der Waals surface area contributed by atoms with Gasteiger partial charge in [0.2, 0.25) is 0 Å². The number of aryl methyl sites for hydroxylation is 1. The van der Waals surface area contributed by atoms with E-state index < -0.39 is 27.9 Å². The molecule has 0 radical (unpaired) electrons. The Labute approximate surface area is 181 Å². The number of hydrogen-bond donors (Lipinski definition) is 0. The van der Waals surface area contributed by atoms with Crippen LogP contribution in [0.1, 0.15) is 30.5 Å². The summed E-state index contributed by atoms with van der Waals surface area (Å²) >= 11 is 0. The van der Waals surface area contributed by atoms with Crippen molar-refractivity contribution < 1.29 is 22.3 Å². The van der Waals surface area contributed by atoms with Crippen LogP contribution in [0.25, 0.3) is 11.1 Å². The molecule has 0 spiro atoms. The zero-order chi connectivity index (χ0) is 22.2. The third kappa shape index (κ3) is 3.81. The third-order valence-corrected chi connectivity index (χ3v) is 7.17. The molecule has 0 aliphatic carbocycles. The van der Waals surface area contributed by atoms with Gasteiger partial charge in [-0.15, -0.1) is 0 Å². The Hall–Kier alpha value is -3.19. The van der Waals surface area contributed by atoms with E-state index in [0.717, 1.165) is 5.56 Å². The molecular formula is C24H22FNO4S. The first-order chi connectivity index (χ1) is 14.8. The lowest BCUT2D eigenvalue weighted by atomic mass is 9.88. The molecular weight excluding hydrogens is 417 g/mol. The van der Waals surface area contributed by atoms with Gasteiger partial charge in [-0.05, 0) is 55.3 Å². The average Bonchev–Trinajstić information content (AvgIpc) is 2.74. The molecule has 0 amide bonds. The van der Waals surface area contributed by atoms with E-state index in [-0.39, 0.29) is 17.9 Å². The Morgan fingerprint density at radius 2 is 1.74 bits per heavy atom. The van der Waals surface area contributed by atoms with Crippen LogP contribution in [-0.2, 0) is 19.6 Å². The third-order valence-electron chi connectivity index (χ3n) is 5.33. The van der Waals surface area contributed by atoms with Gasteiger partial charge >= 0.3 is 5.97 Å². The molecule has 0 saturated carbocycles. The fraction of sp³-hybridized carbons (Fsp3) is 0.208. The molecule has 7 heteroatoms. The largest absolute Gasteiger partial charge is 0.466 e. The van der Waals surface area contributed by atoms with Crippen molar-refractivity contribution in [3.63, 3.8) is 0 Å². The number of hydrogen-bond acceptors (Lipinski definition) is 4. The minimum Gasteiger partial charge on any atom is -0.466 e. The molecule has 4 rings (SSSR count). The van der Waals surface area contributed by atoms with Crippen LogP contribution in [0.4, 0.5) is 10.1 Å². The van der Waals surface area contributed by atoms with Gasteiger partial charge in [-0.1, -0.05) is 42.0 Å². The second kappa shape index (κ2) is 8.15. The molecule has 5 nitrogen and oxygen atoms in total. The minimum absolute atomic E-state index is 0.118. The Bertz CT molecular complexity index is 1240. The highest BCUT2D eigenvalue weighted by molar-refractivity contribution is 7.92. The normalized spacial score (nSPS) is 15.2. The van der Waals surface area contributed by atoms with Crippen LogP contribution in [0.2, 0.25) is 0 Å². The van der Waals surface area contributed by atoms with Crippen LogP contribution in [0.5, 0.6) is 0 Å². The van der Waals surface area contributed by atoms with Gasteiger partial charge in [0.25, 0.3) is 10.0 Å². The van der Waals surface area contributed by atoms with Crippen LogP contribution >= 0.6 is 0 Å². The lowest BCUT2D eigenvalue weighted by molar-refractivity contribution is -0.143. The summed E-state index contributed by atoms with van der Waals surface area (Å²) in [6.07, 6.45) is -0.189. The molecule has 31 heavy (non-hydrogen) atoms. The van der Waals surface area contributed by atoms with Crippen molar-refractivity contribution in [2.75, 3.05) is 10.9 Å². The number of anilines is 1. The summed E-state index contributed by atoms with van der Waals surface area (Å²) in [4.78, 5) is 12.6. The van der Waals surface area contributed by atoms with Crippen molar-refractivity contribution in [1.82, 2.24) is 0 Å². The standard InChI is InChI=1S/C24H22FNO4S/c1-3-30-24(27)15-23-20-13-10-17(25)14-21(20)19-6-4-5-7-22(19)26(23)31(28,29)18-11-8-16(2)9-12-18/h4-14,23H,3,15H2,1-2H3. The summed E-state index contributed by atoms with van der Waals surface area (Å²) in [6.45, 7) is 3.75. The average molecular weight is 440 g/mol. The smallest absolute Gasteiger partial charge is 0.308 e. The SMILES string of the molecule is CCOC(=O)CC1c2ccc(F)cc2-c2ccccc2N1S(=O)(=O)c1ccc(C)cc1. The minimum atomic E-state index is -4.02. The van der Waals surface area contributed by atoms with Crippen LogP contribution < -0.4 is 4.31 Å². The lowest BCUT2D eigenvalue weighted by Gasteiger charge is -2.38. The Morgan fingerprint density at radius 3 is 2.45 bits per heavy atom. The van der Waals surface area contributed by atoms with Gasteiger partial charge in [-0.25, -0.2) is 12.8 Å². The predicted octanol–water partition coefficient (Wildman–Crippen LogP) is 5.00. The van der Waals surface area contributed by atoms with Crippen LogP contribution in [-0.4, -0.2) is 21.0 Å². The van der Waals surface area contributed by atoms with Gasteiger partial charge < -0.3 is 4.74 Å². The van der Waals surface area contributed by atoms with E-state index in [4.69, 9.17) is 4.74 Å². The Kier molecular flexibility index (Phi) is 5.54. The molecule has 0 N–H and O–H groups in total. The first-order valence-corrected chi connectivity index (χ1v) is 11.4. The number of nitrogens with zero attached hydrogens (tertiary/aromatic N) is 1. The van der Waals surface area contributed by atoms with Gasteiger partial charge in [-0.3, -0.25) is 9.10 Å². The second-order valence-electron chi connectivity index (χ2n) is 7.39. The highest BCUT2D eigenvalue weighted by Gasteiger charge is 2.40. The molecule has 0 saturated heterocycles. The van der Waals surface area contributed by atoms with Crippen LogP contribution in [0, 0.1) is 12.7 Å². The van der Waals surface area contributed by atoms with Gasteiger partial charge in [0.15, 0.2) is 0 Å². The van der Waals surface area contributed by atoms with E-state index in [1.807, 2.05) is 6.92 Å². The number of carbonyl (C=O) groups excluding carboxylic acids is 1. The molecule has 160 valence electrons. The van der Waals surface area contributed by atoms with E-state index in [1.54, 1.807) is 61.5 Å². The molecule has 0 bridgehead atoms. The van der Waals surface area contributed by atoms with Crippen molar-refractivity contribution in [3.8, 4) is 11.1 Å². The predicted molar refractivity (Wildman–Crippen MR) is 117 cm³/mol. The number of sulfonamides is 1. The van der Waals surface area contributed by atoms with Crippen molar-refractivity contribution in [2.45, 2.75) is 31.2 Å². The van der Waals surface area contributed by atoms with E-state index in [2.05, 4.69) is 0 Å². The zero-order valence-corrected chi connectivity index (χ0v) is 18.0. The second-order valence-corrected chi connectivity index (χ2v) is 9.20. The highest BCUT2D eigenvalue weighted by Crippen LogP contribution is 2.48. The summed E-state index contributed by atoms with van der Waals surface area (Å²) < 4.78 is 48.1. The maximum absolute atomic E-state index is 14.1. The van der Waals surface area contributed by atoms with Gasteiger partial charge in [-0.2, -0.15) is 0 Å². The molecule has 0 fully saturated rings. The van der Waals surface area contributed by atoms with E-state index in [1.165, 1.54) is 16.4 Å². The number of carbonyl (C=O) groups is 1. The molecule has 1 unspecified atom stereocenters. The molecule has 0 aromatic heterocycles. The molecule has 1 aliphatic rings. The van der Waals surface area contributed by atoms with Gasteiger partial charge in [0, 0.05) is 5.56 Å². The number of rotatable bonds is 5. The fourth-order valence-electron chi connectivity index (χ4n) is 3.93. The number of fused-ring (bicyclic) bond motifs is 3. The molecule has 1 aliphatic heterocycles. The van der Waals surface area contributed by atoms with E-state index in [0.29, 0.717) is 22.4 Å². The highest BCUT2D eigenvalue weighted by atomic mass is 32.2. The Morgan fingerprint density at radius 1 is 1.03 bits per heavy atom. The van der Waals surface area contributed by atoms with E-state index in [9.17, 15) is 17.6 Å². The number of ether oxygens (including phenoxy) is 1. The maximum Gasteiger partial charge on any atom is 0.308 e. The monoisotopic (exact) mass is 439 g/mol. The van der Waals surface area contributed by atoms with Crippen molar-refractivity contribution in [2.24, 2.45) is 0 Å². The lowest BCUT2D eigenvalue weighted by Crippen LogP contribution is -2.39. The van der Waals surface area contributed by atoms with E-state index >= 15 is 0 Å². The Balaban J connectivity index is 1.95. The summed E-state index contributed by atoms with van der Waals surface area (Å²) in [5.41, 5.74) is 3.05. The molecule has 1 heterocycles. The van der Waals surface area contributed by atoms with Crippen LogP contribution in [0.3, 0.4) is 0 Å². The van der Waals surface area contributed by atoms with Crippen molar-refractivity contribution in [3.05, 3.63) is 83.7 Å². The number of esters is 1. The molecule has 3 aromatic rings. The molecule has 1 atom stereocenters. The van der Waals surface area contributed by atoms with Crippen molar-refractivity contribution in [1.29, 1.82) is 0 Å². The number of halogens is 1. The summed E-state index contributed by atoms with van der Waals surface area (Å²) in [6, 6.07) is 16.8. The topological polar surface area (TPSA) is 63.7 Å². The fourth-order valence-corrected chi connectivity index (χ4v) is 5.58. The molecule has 3 aromatic carbocycles. The number of benzene rings is 3. The summed E-state index contributed by atoms with van der Waals surface area (Å²) in [5.74, 6) is -0.954. The number of para-hydroxylation sites is 1. The van der Waals surface area contributed by atoms with Crippen LogP contribution in [0.15, 0.2) is 71.6 Å². The first kappa shape index (κ1) is 21.1. The zero-order valence-electron chi connectivity index (χ0n) is 17.2. The van der Waals surface area contributed by atoms with Crippen molar-refractivity contribution >= 4 is 21.7 Å². The van der Waals surface area contributed by atoms with Gasteiger partial charge in [0.05, 0.1) is 29.7 Å². The summed E-state index contributed by atoms with van der Waals surface area (Å²) in [7, 11) is -4.02. The quantitative estimate of drug-likeness (QED) is 0.525. The van der Waals surface area contributed by atoms with Gasteiger partial charge in [0.1, 0.15) is 5.82 Å². The first-order valence-electron chi connectivity index (χ1n) is 9.98. The maximum atomic E-state index is 14.1.